The number of carbonyl (C=O) groups excluding carboxylic acids is 1. The van der Waals surface area contributed by atoms with Gasteiger partial charge in [-0.15, -0.1) is 0 Å². The number of piperazine rings is 1. The van der Waals surface area contributed by atoms with Crippen LogP contribution in [0.5, 0.6) is 0 Å². The van der Waals surface area contributed by atoms with Gasteiger partial charge in [0.1, 0.15) is 17.6 Å². The summed E-state index contributed by atoms with van der Waals surface area (Å²) < 4.78 is 12.6. The zero-order valence-electron chi connectivity index (χ0n) is 14.9. The molecule has 0 spiro atoms. The average molecular weight is 347 g/mol. The van der Waals surface area contributed by atoms with Crippen molar-refractivity contribution in [3.05, 3.63) is 36.0 Å². The number of hydrogen-bond donors (Lipinski definition) is 1. The number of urea groups is 1. The van der Waals surface area contributed by atoms with Crippen molar-refractivity contribution in [3.63, 3.8) is 0 Å². The molecule has 1 aliphatic heterocycles. The van der Waals surface area contributed by atoms with Crippen LogP contribution in [0.25, 0.3) is 0 Å². The van der Waals surface area contributed by atoms with Crippen molar-refractivity contribution in [1.82, 2.24) is 20.0 Å². The van der Waals surface area contributed by atoms with Crippen molar-refractivity contribution in [2.75, 3.05) is 44.8 Å². The molecule has 1 N–H and O–H groups in total. The lowest BCUT2D eigenvalue weighted by Crippen LogP contribution is -2.52. The van der Waals surface area contributed by atoms with E-state index >= 15 is 0 Å². The lowest BCUT2D eigenvalue weighted by Gasteiger charge is -2.35. The number of ether oxygens (including phenoxy) is 1. The van der Waals surface area contributed by atoms with Crippen LogP contribution in [0.4, 0.5) is 10.5 Å². The van der Waals surface area contributed by atoms with Gasteiger partial charge in [-0.2, -0.15) is 5.10 Å². The molecule has 1 aliphatic rings. The highest BCUT2D eigenvalue weighted by molar-refractivity contribution is 5.75. The number of rotatable bonds is 5. The van der Waals surface area contributed by atoms with Crippen LogP contribution >= 0.6 is 0 Å². The minimum absolute atomic E-state index is 0.0954. The molecule has 0 bridgehead atoms. The van der Waals surface area contributed by atoms with Crippen molar-refractivity contribution < 1.29 is 13.9 Å². The Labute approximate surface area is 147 Å². The summed E-state index contributed by atoms with van der Waals surface area (Å²) in [5.41, 5.74) is 1.09. The Morgan fingerprint density at radius 3 is 2.68 bits per heavy atom. The van der Waals surface area contributed by atoms with Crippen LogP contribution in [0.2, 0.25) is 0 Å². The second kappa shape index (κ2) is 7.60. The summed E-state index contributed by atoms with van der Waals surface area (Å²) in [4.78, 5) is 16.7. The fourth-order valence-corrected chi connectivity index (χ4v) is 2.98. The van der Waals surface area contributed by atoms with E-state index in [0.717, 1.165) is 24.5 Å². The van der Waals surface area contributed by atoms with Gasteiger partial charge in [-0.05, 0) is 19.1 Å². The molecule has 25 heavy (non-hydrogen) atoms. The summed E-state index contributed by atoms with van der Waals surface area (Å²) in [6, 6.07) is 3.38. The van der Waals surface area contributed by atoms with Crippen molar-refractivity contribution in [1.29, 1.82) is 0 Å². The predicted octanol–water partition coefficient (Wildman–Crippen LogP) is 1.54. The highest BCUT2D eigenvalue weighted by Gasteiger charge is 2.25. The first-order valence-corrected chi connectivity index (χ1v) is 8.41. The Morgan fingerprint density at radius 2 is 2.12 bits per heavy atom. The fourth-order valence-electron chi connectivity index (χ4n) is 2.98. The Morgan fingerprint density at radius 1 is 1.36 bits per heavy atom. The van der Waals surface area contributed by atoms with Crippen molar-refractivity contribution in [2.45, 2.75) is 13.0 Å². The van der Waals surface area contributed by atoms with Crippen LogP contribution in [0.3, 0.4) is 0 Å². The number of aryl methyl sites for hydroxylation is 2. The molecule has 3 rings (SSSR count). The maximum atomic E-state index is 12.6. The lowest BCUT2D eigenvalue weighted by atomic mass is 10.2. The molecule has 8 nitrogen and oxygen atoms in total. The summed E-state index contributed by atoms with van der Waals surface area (Å²) in [6.07, 6.45) is 3.84. The molecule has 3 heterocycles. The predicted molar refractivity (Wildman–Crippen MR) is 93.6 cm³/mol. The quantitative estimate of drug-likeness (QED) is 0.888. The molecule has 0 radical (unpaired) electrons. The van der Waals surface area contributed by atoms with Gasteiger partial charge in [0.2, 0.25) is 0 Å². The molecule has 2 amide bonds. The van der Waals surface area contributed by atoms with Gasteiger partial charge >= 0.3 is 6.03 Å². The standard InChI is InChI=1S/C17H25N5O3/c1-13-4-5-16(25-13)15(12-24-3)19-17(23)22-8-6-21(7-9-22)14-10-18-20(2)11-14/h4-5,10-11,15H,6-9,12H2,1-3H3,(H,19,23)/t15-/m0/s1. The number of carbonyl (C=O) groups is 1. The van der Waals surface area contributed by atoms with Crippen LogP contribution in [0.1, 0.15) is 17.6 Å². The van der Waals surface area contributed by atoms with Gasteiger partial charge in [-0.1, -0.05) is 0 Å². The van der Waals surface area contributed by atoms with Crippen molar-refractivity contribution >= 4 is 11.7 Å². The normalized spacial score (nSPS) is 16.1. The highest BCUT2D eigenvalue weighted by atomic mass is 16.5. The smallest absolute Gasteiger partial charge is 0.318 e. The van der Waals surface area contributed by atoms with Crippen molar-refractivity contribution in [2.24, 2.45) is 7.05 Å². The maximum Gasteiger partial charge on any atom is 0.318 e. The van der Waals surface area contributed by atoms with E-state index in [9.17, 15) is 4.79 Å². The van der Waals surface area contributed by atoms with Crippen LogP contribution in [-0.2, 0) is 11.8 Å². The molecule has 0 saturated carbocycles. The summed E-state index contributed by atoms with van der Waals surface area (Å²) in [6.45, 7) is 5.15. The first kappa shape index (κ1) is 17.3. The van der Waals surface area contributed by atoms with E-state index in [2.05, 4.69) is 15.3 Å². The number of nitrogens with zero attached hydrogens (tertiary/aromatic N) is 4. The third-order valence-electron chi connectivity index (χ3n) is 4.36. The number of nitrogens with one attached hydrogen (secondary N) is 1. The molecule has 136 valence electrons. The Kier molecular flexibility index (Phi) is 5.28. The third-order valence-corrected chi connectivity index (χ3v) is 4.36. The molecule has 0 aromatic carbocycles. The van der Waals surface area contributed by atoms with E-state index in [-0.39, 0.29) is 12.1 Å². The minimum atomic E-state index is -0.289. The topological polar surface area (TPSA) is 75.8 Å². The Bertz CT molecular complexity index is 703. The molecule has 1 atom stereocenters. The summed E-state index contributed by atoms with van der Waals surface area (Å²) in [5, 5.41) is 7.21. The van der Waals surface area contributed by atoms with Crippen LogP contribution in [0.15, 0.2) is 28.9 Å². The molecule has 0 aliphatic carbocycles. The van der Waals surface area contributed by atoms with Gasteiger partial charge in [0, 0.05) is 46.5 Å². The zero-order valence-corrected chi connectivity index (χ0v) is 14.9. The zero-order chi connectivity index (χ0) is 17.8. The average Bonchev–Trinajstić information content (AvgIpc) is 3.23. The Balaban J connectivity index is 1.56. The first-order chi connectivity index (χ1) is 12.1. The number of aromatic nitrogens is 2. The molecule has 1 saturated heterocycles. The number of anilines is 1. The second-order valence-corrected chi connectivity index (χ2v) is 6.25. The molecule has 0 unspecified atom stereocenters. The number of amides is 2. The fraction of sp³-hybridized carbons (Fsp3) is 0.529. The SMILES string of the molecule is COC[C@H](NC(=O)N1CCN(c2cnn(C)c2)CC1)c1ccc(C)o1. The van der Waals surface area contributed by atoms with E-state index in [0.29, 0.717) is 25.5 Å². The largest absolute Gasteiger partial charge is 0.464 e. The van der Waals surface area contributed by atoms with Crippen molar-refractivity contribution in [3.8, 4) is 0 Å². The molecule has 8 heteroatoms. The maximum absolute atomic E-state index is 12.6. The monoisotopic (exact) mass is 347 g/mol. The Hall–Kier alpha value is -2.48. The molecule has 2 aromatic rings. The van der Waals surface area contributed by atoms with E-state index in [4.69, 9.17) is 9.15 Å². The molecular weight excluding hydrogens is 322 g/mol. The van der Waals surface area contributed by atoms with Gasteiger partial charge in [0.05, 0.1) is 18.5 Å². The molecular formula is C17H25N5O3. The first-order valence-electron chi connectivity index (χ1n) is 8.41. The van der Waals surface area contributed by atoms with Gasteiger partial charge in [0.15, 0.2) is 0 Å². The van der Waals surface area contributed by atoms with Crippen LogP contribution in [0, 0.1) is 6.92 Å². The van der Waals surface area contributed by atoms with Gasteiger partial charge in [-0.3, -0.25) is 4.68 Å². The number of furan rings is 1. The van der Waals surface area contributed by atoms with Gasteiger partial charge < -0.3 is 24.3 Å². The van der Waals surface area contributed by atoms with E-state index in [1.54, 1.807) is 11.8 Å². The van der Waals surface area contributed by atoms with Gasteiger partial charge in [-0.25, -0.2) is 4.79 Å². The summed E-state index contributed by atoms with van der Waals surface area (Å²) in [7, 11) is 3.51. The lowest BCUT2D eigenvalue weighted by molar-refractivity contribution is 0.145. The summed E-state index contributed by atoms with van der Waals surface area (Å²) in [5.74, 6) is 1.53. The molecule has 1 fully saturated rings. The van der Waals surface area contributed by atoms with E-state index in [1.165, 1.54) is 0 Å². The highest BCUT2D eigenvalue weighted by Crippen LogP contribution is 2.18. The van der Waals surface area contributed by atoms with Crippen LogP contribution < -0.4 is 10.2 Å². The number of methoxy groups -OCH3 is 1. The van der Waals surface area contributed by atoms with Gasteiger partial charge in [0.25, 0.3) is 0 Å². The summed E-state index contributed by atoms with van der Waals surface area (Å²) >= 11 is 0. The van der Waals surface area contributed by atoms with Crippen LogP contribution in [-0.4, -0.2) is 60.6 Å². The minimum Gasteiger partial charge on any atom is -0.464 e. The van der Waals surface area contributed by atoms with E-state index < -0.39 is 0 Å². The number of hydrogen-bond acceptors (Lipinski definition) is 5. The second-order valence-electron chi connectivity index (χ2n) is 6.25. The molecule has 2 aromatic heterocycles. The van der Waals surface area contributed by atoms with E-state index in [1.807, 2.05) is 43.4 Å². The third kappa shape index (κ3) is 4.14.